The molecule has 0 saturated carbocycles. The van der Waals surface area contributed by atoms with Crippen LogP contribution in [0.25, 0.3) is 11.1 Å². The molecule has 0 spiro atoms. The first-order valence-corrected chi connectivity index (χ1v) is 6.29. The van der Waals surface area contributed by atoms with Gasteiger partial charge in [0.25, 0.3) is 0 Å². The molecule has 2 heterocycles. The summed E-state index contributed by atoms with van der Waals surface area (Å²) < 4.78 is 12.0. The zero-order valence-corrected chi connectivity index (χ0v) is 11.3. The van der Waals surface area contributed by atoms with Crippen molar-refractivity contribution in [1.82, 2.24) is 9.99 Å². The van der Waals surface area contributed by atoms with Gasteiger partial charge in [-0.05, 0) is 25.1 Å². The van der Waals surface area contributed by atoms with E-state index in [-0.39, 0.29) is 12.3 Å². The predicted octanol–water partition coefficient (Wildman–Crippen LogP) is 1.15. The average molecular weight is 287 g/mol. The number of nitrogens with two attached hydrogens (primary N) is 1. The Hall–Kier alpha value is -2.80. The van der Waals surface area contributed by atoms with Gasteiger partial charge in [-0.3, -0.25) is 14.8 Å². The number of nitrogen functional groups attached to an aromatic ring is 1. The third kappa shape index (κ3) is 2.23. The summed E-state index contributed by atoms with van der Waals surface area (Å²) in [6.07, 6.45) is 0. The number of para-hydroxylation sites is 2. The van der Waals surface area contributed by atoms with Crippen molar-refractivity contribution < 1.29 is 13.6 Å². The number of carbonyl (C=O) groups excluding carboxylic acids is 1. The molecule has 2 aromatic heterocycles. The molecule has 0 aliphatic carbocycles. The van der Waals surface area contributed by atoms with Crippen molar-refractivity contribution in [2.24, 2.45) is 5.84 Å². The van der Waals surface area contributed by atoms with Gasteiger partial charge in [0.15, 0.2) is 11.3 Å². The molecule has 21 heavy (non-hydrogen) atoms. The molecular weight excluding hydrogens is 274 g/mol. The van der Waals surface area contributed by atoms with Crippen LogP contribution in [-0.2, 0) is 6.54 Å². The highest BCUT2D eigenvalue weighted by Crippen LogP contribution is 2.18. The number of nitrogens with zero attached hydrogens (tertiary/aromatic N) is 1. The molecule has 0 fully saturated rings. The predicted molar refractivity (Wildman–Crippen MR) is 74.7 cm³/mol. The minimum Gasteiger partial charge on any atom is -0.454 e. The highest BCUT2D eigenvalue weighted by Gasteiger charge is 2.16. The average Bonchev–Trinajstić information content (AvgIpc) is 2.99. The Kier molecular flexibility index (Phi) is 3.11. The van der Waals surface area contributed by atoms with E-state index < -0.39 is 11.7 Å². The molecule has 0 radical (unpaired) electrons. The molecule has 0 saturated heterocycles. The Morgan fingerprint density at radius 1 is 1.33 bits per heavy atom. The van der Waals surface area contributed by atoms with Crippen LogP contribution in [0.4, 0.5) is 0 Å². The van der Waals surface area contributed by atoms with Gasteiger partial charge in [0.05, 0.1) is 12.1 Å². The first-order chi connectivity index (χ1) is 10.1. The molecule has 0 aliphatic heterocycles. The van der Waals surface area contributed by atoms with Crippen LogP contribution < -0.4 is 17.0 Å². The van der Waals surface area contributed by atoms with Crippen LogP contribution in [0.3, 0.4) is 0 Å². The third-order valence-corrected chi connectivity index (χ3v) is 3.19. The lowest BCUT2D eigenvalue weighted by molar-refractivity contribution is 0.0923. The van der Waals surface area contributed by atoms with E-state index in [1.54, 1.807) is 31.2 Å². The number of aryl methyl sites for hydroxylation is 1. The van der Waals surface area contributed by atoms with Crippen LogP contribution in [0, 0.1) is 6.92 Å². The van der Waals surface area contributed by atoms with Crippen LogP contribution >= 0.6 is 0 Å². The smallest absolute Gasteiger partial charge is 0.420 e. The standard InChI is InChI=1S/C14H13N3O4/c1-8-6-9(20-12(8)13(18)16-15)7-17-10-4-2-3-5-11(10)21-14(17)19/h2-6H,7,15H2,1H3,(H,16,18). The summed E-state index contributed by atoms with van der Waals surface area (Å²) in [4.78, 5) is 23.4. The fourth-order valence-electron chi connectivity index (χ4n) is 2.24. The monoisotopic (exact) mass is 287 g/mol. The molecule has 7 nitrogen and oxygen atoms in total. The Morgan fingerprint density at radius 2 is 2.10 bits per heavy atom. The number of hydrogen-bond donors (Lipinski definition) is 2. The van der Waals surface area contributed by atoms with Gasteiger partial charge in [-0.15, -0.1) is 0 Å². The van der Waals surface area contributed by atoms with Crippen molar-refractivity contribution in [2.45, 2.75) is 13.5 Å². The number of hydrazine groups is 1. The van der Waals surface area contributed by atoms with E-state index in [1.165, 1.54) is 4.57 Å². The van der Waals surface area contributed by atoms with E-state index in [2.05, 4.69) is 0 Å². The van der Waals surface area contributed by atoms with Crippen molar-refractivity contribution in [3.8, 4) is 0 Å². The first-order valence-electron chi connectivity index (χ1n) is 6.29. The van der Waals surface area contributed by atoms with Gasteiger partial charge < -0.3 is 8.83 Å². The molecule has 0 bridgehead atoms. The van der Waals surface area contributed by atoms with E-state index in [4.69, 9.17) is 14.7 Å². The molecule has 0 atom stereocenters. The fourth-order valence-corrected chi connectivity index (χ4v) is 2.24. The fraction of sp³-hybridized carbons (Fsp3) is 0.143. The normalized spacial score (nSPS) is 11.0. The summed E-state index contributed by atoms with van der Waals surface area (Å²) in [5, 5.41) is 0. The van der Waals surface area contributed by atoms with Gasteiger partial charge in [-0.2, -0.15) is 0 Å². The second-order valence-corrected chi connectivity index (χ2v) is 4.62. The summed E-state index contributed by atoms with van der Waals surface area (Å²) in [6.45, 7) is 1.91. The minimum atomic E-state index is -0.511. The molecule has 1 amide bonds. The molecule has 7 heteroatoms. The number of carbonyl (C=O) groups is 1. The van der Waals surface area contributed by atoms with E-state index >= 15 is 0 Å². The Morgan fingerprint density at radius 3 is 2.86 bits per heavy atom. The van der Waals surface area contributed by atoms with E-state index in [0.717, 1.165) is 0 Å². The molecule has 3 aromatic rings. The highest BCUT2D eigenvalue weighted by atomic mass is 16.4. The lowest BCUT2D eigenvalue weighted by Crippen LogP contribution is -2.30. The minimum absolute atomic E-state index is 0.133. The van der Waals surface area contributed by atoms with Crippen LogP contribution in [0.15, 0.2) is 44.0 Å². The van der Waals surface area contributed by atoms with Crippen molar-refractivity contribution in [2.75, 3.05) is 0 Å². The van der Waals surface area contributed by atoms with Crippen LogP contribution in [0.5, 0.6) is 0 Å². The van der Waals surface area contributed by atoms with E-state index in [9.17, 15) is 9.59 Å². The van der Waals surface area contributed by atoms with Crippen LogP contribution in [0.1, 0.15) is 21.9 Å². The van der Waals surface area contributed by atoms with E-state index in [0.29, 0.717) is 22.4 Å². The van der Waals surface area contributed by atoms with Gasteiger partial charge in [0.1, 0.15) is 5.76 Å². The molecule has 108 valence electrons. The Bertz CT molecular complexity index is 872. The number of benzene rings is 1. The molecule has 3 rings (SSSR count). The van der Waals surface area contributed by atoms with Gasteiger partial charge in [0, 0.05) is 5.56 Å². The zero-order valence-electron chi connectivity index (χ0n) is 11.3. The van der Waals surface area contributed by atoms with Gasteiger partial charge in [0.2, 0.25) is 0 Å². The van der Waals surface area contributed by atoms with Gasteiger partial charge in [-0.1, -0.05) is 12.1 Å². The number of oxazole rings is 1. The summed E-state index contributed by atoms with van der Waals surface area (Å²) >= 11 is 0. The maximum atomic E-state index is 11.9. The maximum Gasteiger partial charge on any atom is 0.420 e. The lowest BCUT2D eigenvalue weighted by Gasteiger charge is -1.99. The lowest BCUT2D eigenvalue weighted by atomic mass is 10.2. The second-order valence-electron chi connectivity index (χ2n) is 4.62. The summed E-state index contributed by atoms with van der Waals surface area (Å²) in [7, 11) is 0. The number of fused-ring (bicyclic) bond motifs is 1. The quantitative estimate of drug-likeness (QED) is 0.427. The number of aromatic nitrogens is 1. The van der Waals surface area contributed by atoms with Crippen molar-refractivity contribution in [3.63, 3.8) is 0 Å². The topological polar surface area (TPSA) is 103 Å². The second kappa shape index (κ2) is 4.95. The zero-order chi connectivity index (χ0) is 15.0. The highest BCUT2D eigenvalue weighted by molar-refractivity contribution is 5.92. The third-order valence-electron chi connectivity index (χ3n) is 3.19. The summed E-state index contributed by atoms with van der Waals surface area (Å²) in [5.74, 6) is 4.70. The summed E-state index contributed by atoms with van der Waals surface area (Å²) in [6, 6.07) is 8.79. The SMILES string of the molecule is Cc1cc(Cn2c(=O)oc3ccccc32)oc1C(=O)NN. The molecule has 0 unspecified atom stereocenters. The van der Waals surface area contributed by atoms with E-state index in [1.807, 2.05) is 11.5 Å². The largest absolute Gasteiger partial charge is 0.454 e. The number of nitrogens with one attached hydrogen (secondary N) is 1. The summed E-state index contributed by atoms with van der Waals surface area (Å²) in [5.41, 5.74) is 3.84. The van der Waals surface area contributed by atoms with Crippen molar-refractivity contribution >= 4 is 17.0 Å². The number of amides is 1. The molecule has 3 N–H and O–H groups in total. The number of hydrogen-bond acceptors (Lipinski definition) is 5. The van der Waals surface area contributed by atoms with Crippen LogP contribution in [-0.4, -0.2) is 10.5 Å². The van der Waals surface area contributed by atoms with Crippen molar-refractivity contribution in [3.05, 3.63) is 58.0 Å². The van der Waals surface area contributed by atoms with Gasteiger partial charge in [-0.25, -0.2) is 10.6 Å². The Balaban J connectivity index is 2.01. The number of furan rings is 1. The first kappa shape index (κ1) is 13.2. The van der Waals surface area contributed by atoms with Crippen molar-refractivity contribution in [1.29, 1.82) is 0 Å². The molecule has 1 aromatic carbocycles. The Labute approximate surface area is 118 Å². The van der Waals surface area contributed by atoms with Gasteiger partial charge >= 0.3 is 11.7 Å². The molecule has 0 aliphatic rings. The maximum absolute atomic E-state index is 11.9. The number of rotatable bonds is 3. The van der Waals surface area contributed by atoms with Crippen LogP contribution in [0.2, 0.25) is 0 Å². The molecular formula is C14H13N3O4.